The van der Waals surface area contributed by atoms with Crippen LogP contribution >= 0.6 is 0 Å². The van der Waals surface area contributed by atoms with E-state index in [1.165, 1.54) is 6.92 Å². The van der Waals surface area contributed by atoms with Crippen LogP contribution in [0, 0.1) is 0 Å². The Morgan fingerprint density at radius 3 is 2.14 bits per heavy atom. The van der Waals surface area contributed by atoms with E-state index >= 15 is 0 Å². The van der Waals surface area contributed by atoms with Crippen molar-refractivity contribution >= 4 is 5.91 Å². The first kappa shape index (κ1) is 10.2. The topological polar surface area (TPSA) is 29.1 Å². The van der Waals surface area contributed by atoms with Gasteiger partial charge >= 0.3 is 0 Å². The molecular weight excluding hydrogens is 171 g/mol. The Morgan fingerprint density at radius 1 is 1.71 bits per heavy atom. The quantitative estimate of drug-likeness (QED) is 0.571. The molecule has 0 bridgehead atoms. The molecule has 2 nitrogen and oxygen atoms in total. The number of carbonyl (C=O) groups is 1. The second-order valence-corrected chi connectivity index (χ2v) is 1.09. The molecule has 3 heteroatoms. The fraction of sp³-hybridized carbons (Fsp3) is 0.750. The van der Waals surface area contributed by atoms with E-state index in [1.54, 1.807) is 0 Å². The molecule has 0 aliphatic rings. The Kier molecular flexibility index (Phi) is 9.09. The normalized spacial score (nSPS) is 6.57. The summed E-state index contributed by atoms with van der Waals surface area (Å²) in [6.45, 7) is 4.13. The van der Waals surface area contributed by atoms with Crippen molar-refractivity contribution in [3.63, 3.8) is 0 Å². The van der Waals surface area contributed by atoms with Crippen molar-refractivity contribution in [3.05, 3.63) is 0 Å². The Morgan fingerprint density at radius 2 is 2.14 bits per heavy atom. The summed E-state index contributed by atoms with van der Waals surface area (Å²) in [5, 5.41) is 2.57. The molecule has 0 aliphatic carbocycles. The van der Waals surface area contributed by atoms with Crippen LogP contribution < -0.4 is 5.32 Å². The first-order chi connectivity index (χ1) is 2.77. The molecular formula is C4H9NNbO. The van der Waals surface area contributed by atoms with Crippen molar-refractivity contribution in [1.29, 1.82) is 0 Å². The number of carbonyl (C=O) groups excluding carboxylic acids is 1. The van der Waals surface area contributed by atoms with E-state index in [0.717, 1.165) is 6.54 Å². The zero-order valence-corrected chi connectivity index (χ0v) is 6.76. The van der Waals surface area contributed by atoms with Crippen molar-refractivity contribution < 1.29 is 27.2 Å². The SMILES string of the molecule is CCNC(C)=O.[Nb]. The predicted molar refractivity (Wildman–Crippen MR) is 24.4 cm³/mol. The van der Waals surface area contributed by atoms with Crippen LogP contribution in [0.3, 0.4) is 0 Å². The third kappa shape index (κ3) is 10.7. The van der Waals surface area contributed by atoms with Gasteiger partial charge in [0.1, 0.15) is 0 Å². The van der Waals surface area contributed by atoms with E-state index in [1.807, 2.05) is 6.92 Å². The minimum atomic E-state index is 0. The van der Waals surface area contributed by atoms with Gasteiger partial charge in [-0.1, -0.05) is 0 Å². The maximum Gasteiger partial charge on any atom is 0.216 e. The summed E-state index contributed by atoms with van der Waals surface area (Å²) in [6, 6.07) is 0. The molecule has 0 saturated carbocycles. The molecule has 0 rings (SSSR count). The fourth-order valence-corrected chi connectivity index (χ4v) is 0.249. The third-order valence-electron chi connectivity index (χ3n) is 0.426. The molecule has 0 spiro atoms. The Hall–Kier alpha value is 0.210. The summed E-state index contributed by atoms with van der Waals surface area (Å²) in [5.41, 5.74) is 0. The number of hydrogen-bond donors (Lipinski definition) is 1. The summed E-state index contributed by atoms with van der Waals surface area (Å²) in [4.78, 5) is 9.93. The Labute approximate surface area is 59.2 Å². The molecule has 0 heterocycles. The van der Waals surface area contributed by atoms with Gasteiger partial charge in [-0.2, -0.15) is 0 Å². The van der Waals surface area contributed by atoms with E-state index in [4.69, 9.17) is 0 Å². The van der Waals surface area contributed by atoms with Crippen molar-refractivity contribution in [2.75, 3.05) is 6.54 Å². The number of amides is 1. The van der Waals surface area contributed by atoms with Crippen LogP contribution in [0.25, 0.3) is 0 Å². The molecule has 0 saturated heterocycles. The maximum atomic E-state index is 9.93. The van der Waals surface area contributed by atoms with Crippen LogP contribution in [0.2, 0.25) is 0 Å². The molecule has 41 valence electrons. The van der Waals surface area contributed by atoms with Gasteiger partial charge in [0.25, 0.3) is 0 Å². The summed E-state index contributed by atoms with van der Waals surface area (Å²) < 4.78 is 0. The second-order valence-electron chi connectivity index (χ2n) is 1.09. The van der Waals surface area contributed by atoms with Gasteiger partial charge in [-0.05, 0) is 6.92 Å². The summed E-state index contributed by atoms with van der Waals surface area (Å²) in [5.74, 6) is 0.0394. The van der Waals surface area contributed by atoms with Crippen LogP contribution in [0.1, 0.15) is 13.8 Å². The minimum Gasteiger partial charge on any atom is -0.357 e. The smallest absolute Gasteiger partial charge is 0.216 e. The van der Waals surface area contributed by atoms with Crippen LogP contribution in [0.15, 0.2) is 0 Å². The molecule has 0 aromatic rings. The van der Waals surface area contributed by atoms with Crippen molar-refractivity contribution in [2.24, 2.45) is 0 Å². The average molecular weight is 180 g/mol. The maximum absolute atomic E-state index is 9.93. The van der Waals surface area contributed by atoms with Gasteiger partial charge in [-0.3, -0.25) is 4.79 Å². The van der Waals surface area contributed by atoms with E-state index < -0.39 is 0 Å². The van der Waals surface area contributed by atoms with Gasteiger partial charge in [0.15, 0.2) is 0 Å². The number of hydrogen-bond acceptors (Lipinski definition) is 1. The molecule has 1 N–H and O–H groups in total. The van der Waals surface area contributed by atoms with Crippen LogP contribution in [-0.4, -0.2) is 12.5 Å². The molecule has 0 aliphatic heterocycles. The van der Waals surface area contributed by atoms with Crippen molar-refractivity contribution in [1.82, 2.24) is 5.32 Å². The first-order valence-electron chi connectivity index (χ1n) is 2.01. The van der Waals surface area contributed by atoms with Crippen LogP contribution in [0.4, 0.5) is 0 Å². The van der Waals surface area contributed by atoms with Crippen LogP contribution in [-0.2, 0) is 27.2 Å². The molecule has 1 amide bonds. The summed E-state index contributed by atoms with van der Waals surface area (Å²) in [7, 11) is 0. The zero-order chi connectivity index (χ0) is 4.99. The van der Waals surface area contributed by atoms with Gasteiger partial charge in [0, 0.05) is 35.8 Å². The molecule has 7 heavy (non-hydrogen) atoms. The predicted octanol–water partition coefficient (Wildman–Crippen LogP) is 0.140. The fourth-order valence-electron chi connectivity index (χ4n) is 0.249. The first-order valence-corrected chi connectivity index (χ1v) is 2.01. The third-order valence-corrected chi connectivity index (χ3v) is 0.426. The van der Waals surface area contributed by atoms with E-state index in [2.05, 4.69) is 5.32 Å². The summed E-state index contributed by atoms with van der Waals surface area (Å²) >= 11 is 0. The number of nitrogens with one attached hydrogen (secondary N) is 1. The van der Waals surface area contributed by atoms with Gasteiger partial charge in [-0.15, -0.1) is 0 Å². The van der Waals surface area contributed by atoms with E-state index in [-0.39, 0.29) is 28.3 Å². The molecule has 0 aromatic heterocycles. The monoisotopic (exact) mass is 180 g/mol. The number of rotatable bonds is 1. The van der Waals surface area contributed by atoms with Crippen molar-refractivity contribution in [3.8, 4) is 0 Å². The van der Waals surface area contributed by atoms with Gasteiger partial charge in [0.2, 0.25) is 5.91 Å². The molecule has 0 aromatic carbocycles. The largest absolute Gasteiger partial charge is 0.357 e. The Bertz CT molecular complexity index is 55.7. The molecule has 1 radical (unpaired) electrons. The molecule has 0 unspecified atom stereocenters. The second kappa shape index (κ2) is 6.21. The van der Waals surface area contributed by atoms with Gasteiger partial charge in [-0.25, -0.2) is 0 Å². The Balaban J connectivity index is 0. The van der Waals surface area contributed by atoms with E-state index in [0.29, 0.717) is 0 Å². The standard InChI is InChI=1S/C4H9NO.Nb/c1-3-5-4(2)6;/h3H2,1-2H3,(H,5,6);. The van der Waals surface area contributed by atoms with Gasteiger partial charge in [0.05, 0.1) is 0 Å². The molecule has 0 atom stereocenters. The zero-order valence-electron chi connectivity index (χ0n) is 4.56. The minimum absolute atomic E-state index is 0. The van der Waals surface area contributed by atoms with Crippen molar-refractivity contribution in [2.45, 2.75) is 13.8 Å². The molecule has 0 fully saturated rings. The van der Waals surface area contributed by atoms with Gasteiger partial charge < -0.3 is 5.32 Å². The average Bonchev–Trinajstić information content (AvgIpc) is 1.35. The van der Waals surface area contributed by atoms with E-state index in [9.17, 15) is 4.79 Å². The summed E-state index contributed by atoms with van der Waals surface area (Å²) in [6.07, 6.45) is 0. The van der Waals surface area contributed by atoms with Crippen LogP contribution in [0.5, 0.6) is 0 Å².